The van der Waals surface area contributed by atoms with E-state index in [0.29, 0.717) is 17.1 Å². The molecule has 5 rings (SSSR count). The van der Waals surface area contributed by atoms with E-state index in [1.807, 2.05) is 54.6 Å². The summed E-state index contributed by atoms with van der Waals surface area (Å²) >= 11 is 0. The van der Waals surface area contributed by atoms with Crippen LogP contribution in [0.4, 0.5) is 13.6 Å². The lowest BCUT2D eigenvalue weighted by Crippen LogP contribution is -2.50. The molecule has 1 fully saturated rings. The van der Waals surface area contributed by atoms with Crippen LogP contribution in [-0.2, 0) is 10.3 Å². The zero-order chi connectivity index (χ0) is 23.9. The van der Waals surface area contributed by atoms with Gasteiger partial charge in [-0.3, -0.25) is 4.40 Å². The number of nitrogens with zero attached hydrogens (tertiary/aromatic N) is 2. The van der Waals surface area contributed by atoms with E-state index in [2.05, 4.69) is 16.9 Å². The standard InChI is InChI=1S/C27H23F2N3O2/c1-17(2)34-26(33)31-27(13-6-14-27)20-11-9-18(10-12-20)23-24(19-7-4-3-5-8-19)32-16-21(28)15-22(29)25(32)30-23/h3-5,7-12,15-16H,1,6,13-14H2,2H3,(H,31,33). The Hall–Kier alpha value is -4.00. The van der Waals surface area contributed by atoms with Crippen LogP contribution in [0, 0.1) is 11.6 Å². The van der Waals surface area contributed by atoms with Crippen molar-refractivity contribution in [3.63, 3.8) is 0 Å². The molecular weight excluding hydrogens is 436 g/mol. The molecule has 7 heteroatoms. The fourth-order valence-electron chi connectivity index (χ4n) is 4.49. The molecule has 34 heavy (non-hydrogen) atoms. The largest absolute Gasteiger partial charge is 0.416 e. The van der Waals surface area contributed by atoms with Gasteiger partial charge in [0.2, 0.25) is 0 Å². The van der Waals surface area contributed by atoms with Crippen molar-refractivity contribution >= 4 is 11.7 Å². The molecule has 1 aliphatic rings. The predicted octanol–water partition coefficient (Wildman–Crippen LogP) is 6.59. The van der Waals surface area contributed by atoms with Crippen LogP contribution in [0.25, 0.3) is 28.2 Å². The molecule has 0 aliphatic heterocycles. The number of imidazole rings is 1. The average Bonchev–Trinajstić information content (AvgIpc) is 3.16. The minimum atomic E-state index is -0.728. The number of carbonyl (C=O) groups excluding carboxylic acids is 1. The fourth-order valence-corrected chi connectivity index (χ4v) is 4.49. The van der Waals surface area contributed by atoms with Gasteiger partial charge in [-0.15, -0.1) is 0 Å². The van der Waals surface area contributed by atoms with E-state index in [1.54, 1.807) is 6.92 Å². The van der Waals surface area contributed by atoms with Crippen LogP contribution in [0.2, 0.25) is 0 Å². The lowest BCUT2D eigenvalue weighted by Gasteiger charge is -2.42. The van der Waals surface area contributed by atoms with Crippen molar-refractivity contribution in [2.45, 2.75) is 31.7 Å². The number of pyridine rings is 1. The number of carbonyl (C=O) groups is 1. The molecule has 2 heterocycles. The molecular formula is C27H23F2N3O2. The van der Waals surface area contributed by atoms with E-state index in [0.717, 1.165) is 42.0 Å². The van der Waals surface area contributed by atoms with E-state index in [1.165, 1.54) is 10.6 Å². The number of aromatic nitrogens is 2. The first-order valence-corrected chi connectivity index (χ1v) is 11.1. The molecule has 1 amide bonds. The third kappa shape index (κ3) is 3.83. The van der Waals surface area contributed by atoms with E-state index < -0.39 is 23.3 Å². The average molecular weight is 459 g/mol. The van der Waals surface area contributed by atoms with Crippen molar-refractivity contribution in [1.82, 2.24) is 14.7 Å². The summed E-state index contributed by atoms with van der Waals surface area (Å²) in [5, 5.41) is 2.98. The number of hydrogen-bond acceptors (Lipinski definition) is 3. The van der Waals surface area contributed by atoms with E-state index >= 15 is 0 Å². The number of benzene rings is 2. The first-order valence-electron chi connectivity index (χ1n) is 11.1. The number of rotatable bonds is 5. The van der Waals surface area contributed by atoms with Crippen molar-refractivity contribution in [1.29, 1.82) is 0 Å². The first kappa shape index (κ1) is 21.8. The summed E-state index contributed by atoms with van der Waals surface area (Å²) in [6.45, 7) is 5.23. The number of allylic oxidation sites excluding steroid dienone is 1. The van der Waals surface area contributed by atoms with Crippen LogP contribution in [0.5, 0.6) is 0 Å². The van der Waals surface area contributed by atoms with Gasteiger partial charge in [0.1, 0.15) is 5.82 Å². The van der Waals surface area contributed by atoms with Crippen LogP contribution in [0.1, 0.15) is 31.7 Å². The number of amides is 1. The Morgan fingerprint density at radius 1 is 1.09 bits per heavy atom. The molecule has 0 saturated heterocycles. The van der Waals surface area contributed by atoms with Crippen LogP contribution in [0.3, 0.4) is 0 Å². The third-order valence-electron chi connectivity index (χ3n) is 6.22. The van der Waals surface area contributed by atoms with Gasteiger partial charge in [-0.1, -0.05) is 61.2 Å². The number of alkyl carbamates (subject to hydrolysis) is 1. The SMILES string of the molecule is C=C(C)OC(=O)NC1(c2ccc(-c3nc4c(F)cc(F)cn4c3-c3ccccc3)cc2)CCC1. The zero-order valence-corrected chi connectivity index (χ0v) is 18.6. The Bertz CT molecular complexity index is 1390. The van der Waals surface area contributed by atoms with Crippen LogP contribution < -0.4 is 5.32 Å². The Kier molecular flexibility index (Phi) is 5.40. The van der Waals surface area contributed by atoms with Gasteiger partial charge in [-0.25, -0.2) is 18.6 Å². The maximum Gasteiger partial charge on any atom is 0.412 e. The number of hydrogen-bond donors (Lipinski definition) is 1. The van der Waals surface area contributed by atoms with Crippen molar-refractivity contribution < 1.29 is 18.3 Å². The molecule has 1 saturated carbocycles. The number of fused-ring (bicyclic) bond motifs is 1. The smallest absolute Gasteiger partial charge is 0.412 e. The molecule has 0 spiro atoms. The Labute approximate surface area is 195 Å². The summed E-state index contributed by atoms with van der Waals surface area (Å²) in [4.78, 5) is 16.7. The van der Waals surface area contributed by atoms with Gasteiger partial charge in [0.25, 0.3) is 0 Å². The van der Waals surface area contributed by atoms with Crippen LogP contribution >= 0.6 is 0 Å². The molecule has 0 atom stereocenters. The molecule has 0 radical (unpaired) electrons. The van der Waals surface area contributed by atoms with E-state index in [9.17, 15) is 13.6 Å². The fraction of sp³-hybridized carbons (Fsp3) is 0.185. The topological polar surface area (TPSA) is 55.6 Å². The second kappa shape index (κ2) is 8.41. The molecule has 4 aromatic rings. The highest BCUT2D eigenvalue weighted by Crippen LogP contribution is 2.42. The maximum atomic E-state index is 14.6. The number of nitrogens with one attached hydrogen (secondary N) is 1. The molecule has 5 nitrogen and oxygen atoms in total. The van der Waals surface area contributed by atoms with Crippen LogP contribution in [-0.4, -0.2) is 15.5 Å². The highest BCUT2D eigenvalue weighted by Gasteiger charge is 2.40. The third-order valence-corrected chi connectivity index (χ3v) is 6.22. The minimum Gasteiger partial charge on any atom is -0.416 e. The second-order valence-electron chi connectivity index (χ2n) is 8.60. The molecule has 1 N–H and O–H groups in total. The van der Waals surface area contributed by atoms with Crippen LogP contribution in [0.15, 0.2) is 79.2 Å². The van der Waals surface area contributed by atoms with E-state index in [-0.39, 0.29) is 5.65 Å². The second-order valence-corrected chi connectivity index (χ2v) is 8.60. The first-order chi connectivity index (χ1) is 16.4. The Balaban J connectivity index is 1.57. The number of halogens is 2. The van der Waals surface area contributed by atoms with Crippen molar-refractivity contribution in [2.24, 2.45) is 0 Å². The lowest BCUT2D eigenvalue weighted by molar-refractivity contribution is 0.132. The highest BCUT2D eigenvalue weighted by molar-refractivity contribution is 5.82. The summed E-state index contributed by atoms with van der Waals surface area (Å²) in [7, 11) is 0. The predicted molar refractivity (Wildman–Crippen MR) is 126 cm³/mol. The summed E-state index contributed by atoms with van der Waals surface area (Å²) < 4.78 is 35.2. The van der Waals surface area contributed by atoms with Gasteiger partial charge in [0.05, 0.1) is 22.7 Å². The lowest BCUT2D eigenvalue weighted by atomic mass is 9.71. The summed E-state index contributed by atoms with van der Waals surface area (Å²) in [5.41, 5.74) is 3.19. The van der Waals surface area contributed by atoms with Crippen molar-refractivity contribution in [2.75, 3.05) is 0 Å². The molecule has 0 unspecified atom stereocenters. The Morgan fingerprint density at radius 2 is 1.79 bits per heavy atom. The maximum absolute atomic E-state index is 14.6. The Morgan fingerprint density at radius 3 is 2.41 bits per heavy atom. The summed E-state index contributed by atoms with van der Waals surface area (Å²) in [5.74, 6) is -1.08. The van der Waals surface area contributed by atoms with Gasteiger partial charge in [-0.2, -0.15) is 0 Å². The zero-order valence-electron chi connectivity index (χ0n) is 18.6. The molecule has 172 valence electrons. The van der Waals surface area contributed by atoms with Gasteiger partial charge < -0.3 is 10.1 Å². The summed E-state index contributed by atoms with van der Waals surface area (Å²) in [6, 6.07) is 17.9. The highest BCUT2D eigenvalue weighted by atomic mass is 19.1. The number of ether oxygens (including phenoxy) is 1. The molecule has 1 aliphatic carbocycles. The van der Waals surface area contributed by atoms with Crippen molar-refractivity contribution in [3.05, 3.63) is 96.4 Å². The molecule has 0 bridgehead atoms. The molecule has 2 aromatic carbocycles. The van der Waals surface area contributed by atoms with Crippen molar-refractivity contribution in [3.8, 4) is 22.5 Å². The van der Waals surface area contributed by atoms with Gasteiger partial charge >= 0.3 is 6.09 Å². The molecule has 2 aromatic heterocycles. The van der Waals surface area contributed by atoms with Gasteiger partial charge in [0, 0.05) is 23.4 Å². The van der Waals surface area contributed by atoms with Gasteiger partial charge in [-0.05, 0) is 31.7 Å². The summed E-state index contributed by atoms with van der Waals surface area (Å²) in [6.07, 6.45) is 3.30. The minimum absolute atomic E-state index is 0.0546. The monoisotopic (exact) mass is 459 g/mol. The normalized spacial score (nSPS) is 14.4. The van der Waals surface area contributed by atoms with E-state index in [4.69, 9.17) is 4.74 Å². The quantitative estimate of drug-likeness (QED) is 0.343. The van der Waals surface area contributed by atoms with Gasteiger partial charge in [0.15, 0.2) is 11.5 Å².